The van der Waals surface area contributed by atoms with Crippen molar-refractivity contribution in [1.82, 2.24) is 14.9 Å². The van der Waals surface area contributed by atoms with E-state index in [0.717, 1.165) is 67.4 Å². The minimum absolute atomic E-state index is 0.580. The highest BCUT2D eigenvalue weighted by molar-refractivity contribution is 5.63. The summed E-state index contributed by atoms with van der Waals surface area (Å²) in [7, 11) is 0. The first-order valence-corrected chi connectivity index (χ1v) is 9.21. The molecule has 1 aromatic carbocycles. The molecular weight excluding hydrogens is 330 g/mol. The predicted molar refractivity (Wildman–Crippen MR) is 102 cm³/mol. The van der Waals surface area contributed by atoms with Gasteiger partial charge >= 0.3 is 0 Å². The highest BCUT2D eigenvalue weighted by Crippen LogP contribution is 2.33. The molecular formula is C19H25N5O2. The fraction of sp³-hybridized carbons (Fsp3) is 0.474. The average Bonchev–Trinajstić information content (AvgIpc) is 2.67. The van der Waals surface area contributed by atoms with Crippen molar-refractivity contribution in [3.63, 3.8) is 0 Å². The normalized spacial score (nSPS) is 17.2. The summed E-state index contributed by atoms with van der Waals surface area (Å²) < 4.78 is 11.2. The number of rotatable bonds is 4. The van der Waals surface area contributed by atoms with Gasteiger partial charge in [-0.15, -0.1) is 0 Å². The summed E-state index contributed by atoms with van der Waals surface area (Å²) in [6.07, 6.45) is 0. The number of benzene rings is 1. The van der Waals surface area contributed by atoms with Crippen molar-refractivity contribution in [3.8, 4) is 11.5 Å². The molecule has 138 valence electrons. The van der Waals surface area contributed by atoms with Crippen molar-refractivity contribution in [1.29, 1.82) is 0 Å². The lowest BCUT2D eigenvalue weighted by Crippen LogP contribution is -2.46. The summed E-state index contributed by atoms with van der Waals surface area (Å²) in [5.74, 6) is 4.09. The Balaban J connectivity index is 1.51. The van der Waals surface area contributed by atoms with Crippen LogP contribution in [0.15, 0.2) is 24.3 Å². The molecule has 1 aromatic heterocycles. The molecule has 0 aliphatic carbocycles. The summed E-state index contributed by atoms with van der Waals surface area (Å²) >= 11 is 0. The zero-order valence-electron chi connectivity index (χ0n) is 15.4. The smallest absolute Gasteiger partial charge is 0.163 e. The van der Waals surface area contributed by atoms with Crippen LogP contribution in [0.2, 0.25) is 0 Å². The van der Waals surface area contributed by atoms with E-state index in [9.17, 15) is 0 Å². The first kappa shape index (κ1) is 16.9. The van der Waals surface area contributed by atoms with Gasteiger partial charge in [0.1, 0.15) is 30.7 Å². The summed E-state index contributed by atoms with van der Waals surface area (Å²) in [6, 6.07) is 7.87. The average molecular weight is 355 g/mol. The molecule has 3 heterocycles. The first-order chi connectivity index (χ1) is 12.7. The topological polar surface area (TPSA) is 62.8 Å². The Morgan fingerprint density at radius 2 is 1.77 bits per heavy atom. The van der Waals surface area contributed by atoms with Crippen molar-refractivity contribution in [2.24, 2.45) is 0 Å². The van der Waals surface area contributed by atoms with E-state index in [1.807, 2.05) is 31.2 Å². The highest BCUT2D eigenvalue weighted by atomic mass is 16.6. The number of piperazine rings is 1. The summed E-state index contributed by atoms with van der Waals surface area (Å²) in [4.78, 5) is 14.0. The lowest BCUT2D eigenvalue weighted by atomic mass is 10.2. The maximum Gasteiger partial charge on any atom is 0.163 e. The molecule has 0 atom stereocenters. The van der Waals surface area contributed by atoms with Crippen molar-refractivity contribution in [2.45, 2.75) is 13.8 Å². The number of aromatic nitrogens is 2. The van der Waals surface area contributed by atoms with E-state index in [4.69, 9.17) is 9.47 Å². The SMILES string of the molecule is CCN1CCN(c2cc(Nc3ccc4c(c3)OCCO4)nc(C)n2)CC1. The molecule has 0 radical (unpaired) electrons. The lowest BCUT2D eigenvalue weighted by molar-refractivity contribution is 0.171. The fourth-order valence-electron chi connectivity index (χ4n) is 3.34. The number of ether oxygens (including phenoxy) is 2. The minimum Gasteiger partial charge on any atom is -0.486 e. The molecule has 7 heteroatoms. The molecule has 2 aliphatic heterocycles. The van der Waals surface area contributed by atoms with Gasteiger partial charge in [0.15, 0.2) is 11.5 Å². The number of likely N-dealkylation sites (N-methyl/N-ethyl adjacent to an activating group) is 1. The highest BCUT2D eigenvalue weighted by Gasteiger charge is 2.18. The molecule has 1 fully saturated rings. The molecule has 2 aliphatic rings. The third-order valence-corrected chi connectivity index (χ3v) is 4.78. The summed E-state index contributed by atoms with van der Waals surface area (Å²) in [5.41, 5.74) is 0.925. The van der Waals surface area contributed by atoms with Gasteiger partial charge in [-0.05, 0) is 25.6 Å². The molecule has 4 rings (SSSR count). The van der Waals surface area contributed by atoms with Crippen LogP contribution in [0.1, 0.15) is 12.7 Å². The van der Waals surface area contributed by atoms with Crippen molar-refractivity contribution < 1.29 is 9.47 Å². The second kappa shape index (κ2) is 7.37. The summed E-state index contributed by atoms with van der Waals surface area (Å²) in [5, 5.41) is 3.37. The van der Waals surface area contributed by atoms with Gasteiger partial charge in [-0.2, -0.15) is 0 Å². The van der Waals surface area contributed by atoms with Gasteiger partial charge in [0.05, 0.1) is 0 Å². The van der Waals surface area contributed by atoms with Gasteiger partial charge in [0, 0.05) is 44.0 Å². The van der Waals surface area contributed by atoms with Crippen molar-refractivity contribution in [2.75, 3.05) is 56.2 Å². The van der Waals surface area contributed by atoms with Gasteiger partial charge in [-0.1, -0.05) is 6.92 Å². The Labute approximate surface area is 153 Å². The molecule has 0 spiro atoms. The third-order valence-electron chi connectivity index (χ3n) is 4.78. The molecule has 0 bridgehead atoms. The molecule has 0 saturated carbocycles. The number of nitrogens with zero attached hydrogens (tertiary/aromatic N) is 4. The molecule has 2 aromatic rings. The summed E-state index contributed by atoms with van der Waals surface area (Å²) in [6.45, 7) is 10.6. The molecule has 0 unspecified atom stereocenters. The van der Waals surface area contributed by atoms with Crippen LogP contribution in [0.5, 0.6) is 11.5 Å². The minimum atomic E-state index is 0.580. The molecule has 7 nitrogen and oxygen atoms in total. The quantitative estimate of drug-likeness (QED) is 0.904. The van der Waals surface area contributed by atoms with Crippen LogP contribution in [-0.4, -0.2) is 60.8 Å². The zero-order chi connectivity index (χ0) is 17.9. The van der Waals surface area contributed by atoms with E-state index in [0.29, 0.717) is 13.2 Å². The Morgan fingerprint density at radius 1 is 1.00 bits per heavy atom. The van der Waals surface area contributed by atoms with Crippen molar-refractivity contribution >= 4 is 17.3 Å². The lowest BCUT2D eigenvalue weighted by Gasteiger charge is -2.34. The first-order valence-electron chi connectivity index (χ1n) is 9.21. The van der Waals surface area contributed by atoms with Gasteiger partial charge in [-0.25, -0.2) is 9.97 Å². The number of fused-ring (bicyclic) bond motifs is 1. The second-order valence-electron chi connectivity index (χ2n) is 6.56. The monoisotopic (exact) mass is 355 g/mol. The van der Waals surface area contributed by atoms with E-state index in [-0.39, 0.29) is 0 Å². The van der Waals surface area contributed by atoms with Crippen LogP contribution in [0.4, 0.5) is 17.3 Å². The maximum absolute atomic E-state index is 5.65. The zero-order valence-corrected chi connectivity index (χ0v) is 15.4. The Kier molecular flexibility index (Phi) is 4.79. The van der Waals surface area contributed by atoms with Gasteiger partial charge < -0.3 is 24.6 Å². The third kappa shape index (κ3) is 3.67. The Hall–Kier alpha value is -2.54. The van der Waals surface area contributed by atoms with Gasteiger partial charge in [0.2, 0.25) is 0 Å². The molecule has 0 amide bonds. The van der Waals surface area contributed by atoms with E-state index in [1.54, 1.807) is 0 Å². The van der Waals surface area contributed by atoms with E-state index in [2.05, 4.69) is 32.0 Å². The number of aryl methyl sites for hydroxylation is 1. The number of nitrogens with one attached hydrogen (secondary N) is 1. The van der Waals surface area contributed by atoms with Gasteiger partial charge in [0.25, 0.3) is 0 Å². The Morgan fingerprint density at radius 3 is 2.54 bits per heavy atom. The fourth-order valence-corrected chi connectivity index (χ4v) is 3.34. The van der Waals surface area contributed by atoms with Crippen LogP contribution >= 0.6 is 0 Å². The van der Waals surface area contributed by atoms with Crippen LogP contribution in [0.25, 0.3) is 0 Å². The Bertz CT molecular complexity index is 775. The van der Waals surface area contributed by atoms with Crippen LogP contribution in [0, 0.1) is 6.92 Å². The number of anilines is 3. The van der Waals surface area contributed by atoms with Crippen molar-refractivity contribution in [3.05, 3.63) is 30.1 Å². The van der Waals surface area contributed by atoms with Crippen LogP contribution in [0.3, 0.4) is 0 Å². The molecule has 1 N–H and O–H groups in total. The van der Waals surface area contributed by atoms with E-state index < -0.39 is 0 Å². The number of hydrogen-bond acceptors (Lipinski definition) is 7. The second-order valence-corrected chi connectivity index (χ2v) is 6.56. The van der Waals surface area contributed by atoms with Gasteiger partial charge in [-0.3, -0.25) is 0 Å². The molecule has 1 saturated heterocycles. The predicted octanol–water partition coefficient (Wildman–Crippen LogP) is 2.44. The van der Waals surface area contributed by atoms with Crippen LogP contribution < -0.4 is 19.7 Å². The molecule has 26 heavy (non-hydrogen) atoms. The van der Waals surface area contributed by atoms with E-state index >= 15 is 0 Å². The maximum atomic E-state index is 5.65. The van der Waals surface area contributed by atoms with Crippen LogP contribution in [-0.2, 0) is 0 Å². The largest absolute Gasteiger partial charge is 0.486 e. The standard InChI is InChI=1S/C19H25N5O2/c1-3-23-6-8-24(9-7-23)19-13-18(20-14(2)21-19)22-15-4-5-16-17(12-15)26-11-10-25-16/h4-5,12-13H,3,6-11H2,1-2H3,(H,20,21,22). The number of hydrogen-bond donors (Lipinski definition) is 1. The van der Waals surface area contributed by atoms with E-state index in [1.165, 1.54) is 0 Å².